The van der Waals surface area contributed by atoms with Gasteiger partial charge in [0.05, 0.1) is 11.4 Å². The Balaban J connectivity index is 1.71. The van der Waals surface area contributed by atoms with E-state index in [0.717, 1.165) is 0 Å². The van der Waals surface area contributed by atoms with Crippen molar-refractivity contribution in [2.75, 3.05) is 5.32 Å². The number of para-hydroxylation sites is 1. The maximum atomic E-state index is 14.3. The molecule has 0 aliphatic carbocycles. The summed E-state index contributed by atoms with van der Waals surface area (Å²) in [7, 11) is 0. The number of aryl methyl sites for hydroxylation is 1. The monoisotopic (exact) mass is 560 g/mol. The molecule has 5 rings (SSSR count). The van der Waals surface area contributed by atoms with E-state index in [1.54, 1.807) is 30.3 Å². The maximum absolute atomic E-state index is 14.3. The second kappa shape index (κ2) is 9.95. The fraction of sp³-hybridized carbons (Fsp3) is 0.0370. The van der Waals surface area contributed by atoms with Gasteiger partial charge in [-0.05, 0) is 48.9 Å². The zero-order chi connectivity index (χ0) is 28.0. The Morgan fingerprint density at radius 2 is 1.49 bits per heavy atom. The third-order valence-electron chi connectivity index (χ3n) is 5.73. The molecule has 0 aliphatic rings. The summed E-state index contributed by atoms with van der Waals surface area (Å²) in [6.45, 7) is 1.50. The lowest BCUT2D eigenvalue weighted by Gasteiger charge is -2.11. The molecule has 0 saturated carbocycles. The Morgan fingerprint density at radius 1 is 0.846 bits per heavy atom. The molecule has 198 valence electrons. The van der Waals surface area contributed by atoms with Crippen LogP contribution in [0.1, 0.15) is 15.2 Å². The van der Waals surface area contributed by atoms with Crippen molar-refractivity contribution >= 4 is 38.9 Å². The molecule has 0 amide bonds. The summed E-state index contributed by atoms with van der Waals surface area (Å²) in [5.41, 5.74) is 0.513. The highest BCUT2D eigenvalue weighted by atomic mass is 32.1. The van der Waals surface area contributed by atoms with Crippen LogP contribution in [0, 0.1) is 41.8 Å². The number of carbonyl (C=O) groups is 1. The molecule has 0 aliphatic heterocycles. The van der Waals surface area contributed by atoms with Crippen LogP contribution in [0.2, 0.25) is 0 Å². The van der Waals surface area contributed by atoms with E-state index in [1.165, 1.54) is 41.8 Å². The van der Waals surface area contributed by atoms with Crippen LogP contribution in [0.3, 0.4) is 0 Å². The van der Waals surface area contributed by atoms with Crippen LogP contribution >= 0.6 is 11.3 Å². The third kappa shape index (κ3) is 4.52. The smallest absolute Gasteiger partial charge is 0.356 e. The molecule has 5 aromatic rings. The summed E-state index contributed by atoms with van der Waals surface area (Å²) in [4.78, 5) is 25.9. The molecular weight excluding hydrogens is 546 g/mol. The molecule has 0 radical (unpaired) electrons. The summed E-state index contributed by atoms with van der Waals surface area (Å²) in [5, 5.41) is 3.21. The lowest BCUT2D eigenvalue weighted by atomic mass is 10.2. The van der Waals surface area contributed by atoms with E-state index in [1.807, 2.05) is 0 Å². The van der Waals surface area contributed by atoms with E-state index in [0.29, 0.717) is 22.7 Å². The normalized spacial score (nSPS) is 11.2. The van der Waals surface area contributed by atoms with Gasteiger partial charge in [0.1, 0.15) is 15.5 Å². The van der Waals surface area contributed by atoms with Crippen molar-refractivity contribution in [1.82, 2.24) is 4.57 Å². The van der Waals surface area contributed by atoms with Crippen molar-refractivity contribution in [1.29, 1.82) is 0 Å². The number of fused-ring (bicyclic) bond motifs is 1. The number of benzene rings is 3. The van der Waals surface area contributed by atoms with E-state index >= 15 is 0 Å². The van der Waals surface area contributed by atoms with Crippen LogP contribution in [0.15, 0.2) is 65.5 Å². The van der Waals surface area contributed by atoms with Gasteiger partial charge in [-0.3, -0.25) is 9.36 Å². The molecule has 2 heterocycles. The molecular formula is C27H14F6N2O3S. The number of aromatic nitrogens is 1. The highest BCUT2D eigenvalue weighted by Gasteiger charge is 2.31. The Labute approximate surface area is 219 Å². The van der Waals surface area contributed by atoms with Crippen molar-refractivity contribution < 1.29 is 35.9 Å². The number of hydrogen-bond donors (Lipinski definition) is 1. The molecule has 0 spiro atoms. The van der Waals surface area contributed by atoms with Gasteiger partial charge in [-0.1, -0.05) is 18.2 Å². The van der Waals surface area contributed by atoms with Crippen molar-refractivity contribution in [2.24, 2.45) is 0 Å². The Kier molecular flexibility index (Phi) is 6.64. The van der Waals surface area contributed by atoms with E-state index in [4.69, 9.17) is 4.74 Å². The fourth-order valence-electron chi connectivity index (χ4n) is 3.85. The van der Waals surface area contributed by atoms with Crippen LogP contribution in [0.4, 0.5) is 37.7 Å². The molecule has 1 N–H and O–H groups in total. The molecule has 2 aromatic heterocycles. The molecule has 0 fully saturated rings. The van der Waals surface area contributed by atoms with Crippen molar-refractivity contribution in [3.05, 3.63) is 116 Å². The average molecular weight is 560 g/mol. The molecule has 5 nitrogen and oxygen atoms in total. The Hall–Kier alpha value is -4.58. The van der Waals surface area contributed by atoms with Gasteiger partial charge in [0.25, 0.3) is 5.56 Å². The number of nitrogens with one attached hydrogen (secondary N) is 1. The predicted molar refractivity (Wildman–Crippen MR) is 133 cm³/mol. The topological polar surface area (TPSA) is 60.3 Å². The molecule has 0 unspecified atom stereocenters. The average Bonchev–Trinajstić information content (AvgIpc) is 3.29. The first-order chi connectivity index (χ1) is 18.6. The summed E-state index contributed by atoms with van der Waals surface area (Å²) in [5.74, 6) is -15.4. The number of ether oxygens (including phenoxy) is 1. The fourth-order valence-corrected chi connectivity index (χ4v) is 5.00. The van der Waals surface area contributed by atoms with E-state index in [9.17, 15) is 35.9 Å². The SMILES string of the molecule is Cc1cc(Nc2c(C(=O)Oc3c(F)c(F)c(F)c(F)c3F)sc3c2ccc(=O)n3-c2ccccc2)ccc1F. The van der Waals surface area contributed by atoms with E-state index < -0.39 is 52.2 Å². The summed E-state index contributed by atoms with van der Waals surface area (Å²) in [6.07, 6.45) is 0. The number of pyridine rings is 1. The maximum Gasteiger partial charge on any atom is 0.356 e. The largest absolute Gasteiger partial charge is 0.416 e. The van der Waals surface area contributed by atoms with E-state index in [2.05, 4.69) is 5.32 Å². The van der Waals surface area contributed by atoms with Crippen LogP contribution < -0.4 is 15.6 Å². The summed E-state index contributed by atoms with van der Waals surface area (Å²) >= 11 is 0.682. The van der Waals surface area contributed by atoms with Crippen LogP contribution in [0.5, 0.6) is 5.75 Å². The van der Waals surface area contributed by atoms with Gasteiger partial charge in [0.2, 0.25) is 34.8 Å². The number of anilines is 2. The lowest BCUT2D eigenvalue weighted by molar-refractivity contribution is 0.0722. The second-order valence-corrected chi connectivity index (χ2v) is 9.24. The minimum atomic E-state index is -2.41. The minimum absolute atomic E-state index is 0.000406. The lowest BCUT2D eigenvalue weighted by Crippen LogP contribution is -2.16. The standard InChI is InChI=1S/C27H14F6N2O3S/c1-12-11-13(7-9-16(12)28)34-23-15-8-10-17(36)35(14-5-3-2-4-6-14)26(15)39-25(23)27(37)38-24-21(32)19(30)18(29)20(31)22(24)33/h2-11,34H,1H3. The van der Waals surface area contributed by atoms with Gasteiger partial charge < -0.3 is 10.1 Å². The van der Waals surface area contributed by atoms with Crippen molar-refractivity contribution in [3.63, 3.8) is 0 Å². The van der Waals surface area contributed by atoms with Gasteiger partial charge >= 0.3 is 5.97 Å². The van der Waals surface area contributed by atoms with Gasteiger partial charge in [0.15, 0.2) is 0 Å². The molecule has 12 heteroatoms. The molecule has 0 bridgehead atoms. The molecule has 3 aromatic carbocycles. The molecule has 0 saturated heterocycles. The number of esters is 1. The number of thiophene rings is 1. The van der Waals surface area contributed by atoms with Gasteiger partial charge in [-0.2, -0.15) is 8.78 Å². The highest BCUT2D eigenvalue weighted by molar-refractivity contribution is 7.21. The highest BCUT2D eigenvalue weighted by Crippen LogP contribution is 2.39. The van der Waals surface area contributed by atoms with Gasteiger partial charge in [0, 0.05) is 17.1 Å². The summed E-state index contributed by atoms with van der Waals surface area (Å²) < 4.78 is 89.2. The van der Waals surface area contributed by atoms with Gasteiger partial charge in [-0.25, -0.2) is 22.4 Å². The minimum Gasteiger partial charge on any atom is -0.416 e. The Morgan fingerprint density at radius 3 is 2.13 bits per heavy atom. The summed E-state index contributed by atoms with van der Waals surface area (Å²) in [6, 6.07) is 14.9. The third-order valence-corrected chi connectivity index (χ3v) is 6.90. The van der Waals surface area contributed by atoms with Crippen molar-refractivity contribution in [3.8, 4) is 11.4 Å². The second-order valence-electron chi connectivity index (χ2n) is 8.25. The van der Waals surface area contributed by atoms with Crippen LogP contribution in [0.25, 0.3) is 15.9 Å². The zero-order valence-electron chi connectivity index (χ0n) is 19.6. The van der Waals surface area contributed by atoms with E-state index in [-0.39, 0.29) is 26.3 Å². The molecule has 39 heavy (non-hydrogen) atoms. The zero-order valence-corrected chi connectivity index (χ0v) is 20.4. The Bertz CT molecular complexity index is 1810. The number of halogens is 6. The van der Waals surface area contributed by atoms with Gasteiger partial charge in [-0.15, -0.1) is 11.3 Å². The van der Waals surface area contributed by atoms with Crippen LogP contribution in [-0.4, -0.2) is 10.5 Å². The first-order valence-corrected chi connectivity index (χ1v) is 11.9. The number of hydrogen-bond acceptors (Lipinski definition) is 5. The predicted octanol–water partition coefficient (Wildman–Crippen LogP) is 7.16. The van der Waals surface area contributed by atoms with Crippen LogP contribution in [-0.2, 0) is 0 Å². The quantitative estimate of drug-likeness (QED) is 0.0815. The first-order valence-electron chi connectivity index (χ1n) is 11.1. The molecule has 0 atom stereocenters. The number of rotatable bonds is 5. The number of nitrogens with zero attached hydrogens (tertiary/aromatic N) is 1. The first kappa shape index (κ1) is 26.0. The van der Waals surface area contributed by atoms with Crippen molar-refractivity contribution in [2.45, 2.75) is 6.92 Å². The number of carbonyl (C=O) groups excluding carboxylic acids is 1.